The summed E-state index contributed by atoms with van der Waals surface area (Å²) in [5, 5.41) is 6.78. The monoisotopic (exact) mass is 443 g/mol. The van der Waals surface area contributed by atoms with E-state index in [9.17, 15) is 4.79 Å². The quantitative estimate of drug-likeness (QED) is 0.539. The number of amides is 1. The van der Waals surface area contributed by atoms with Gasteiger partial charge in [-0.1, -0.05) is 29.8 Å². The SMILES string of the molecule is Cc1cc(N=[NH2+])c(Cl)cc1NC(=O)c1ccccc1.[Cl-].[Cl][Zn][Cl]. The number of hydrogen-bond donors (Lipinski definition) is 2. The van der Waals surface area contributed by atoms with Crippen molar-refractivity contribution in [3.63, 3.8) is 0 Å². The predicted octanol–water partition coefficient (Wildman–Crippen LogP) is 1.12. The van der Waals surface area contributed by atoms with Gasteiger partial charge in [0.25, 0.3) is 5.91 Å². The summed E-state index contributed by atoms with van der Waals surface area (Å²) >= 11 is 5.08. The van der Waals surface area contributed by atoms with Gasteiger partial charge < -0.3 is 17.7 Å². The second kappa shape index (κ2) is 11.8. The number of nitrogens with zero attached hydrogens (tertiary/aromatic N) is 1. The third-order valence-corrected chi connectivity index (χ3v) is 3.02. The first-order valence-corrected chi connectivity index (χ1v) is 14.4. The van der Waals surface area contributed by atoms with Crippen LogP contribution in [0.25, 0.3) is 0 Å². The molecule has 0 heterocycles. The second-order valence-electron chi connectivity index (χ2n) is 4.17. The first-order chi connectivity index (χ1) is 10.5. The number of benzene rings is 2. The molecule has 2 aromatic carbocycles. The zero-order chi connectivity index (χ0) is 16.5. The molecular weight excluding hydrogens is 433 g/mol. The van der Waals surface area contributed by atoms with Crippen molar-refractivity contribution < 1.29 is 37.9 Å². The molecule has 0 unspecified atom stereocenters. The fourth-order valence-electron chi connectivity index (χ4n) is 1.68. The van der Waals surface area contributed by atoms with Crippen LogP contribution in [0.1, 0.15) is 15.9 Å². The second-order valence-corrected chi connectivity index (χ2v) is 9.20. The van der Waals surface area contributed by atoms with Crippen molar-refractivity contribution in [2.24, 2.45) is 5.11 Å². The topological polar surface area (TPSA) is 67.1 Å². The minimum absolute atomic E-state index is 0. The van der Waals surface area contributed by atoms with Gasteiger partial charge in [-0.3, -0.25) is 4.79 Å². The van der Waals surface area contributed by atoms with Crippen LogP contribution in [-0.4, -0.2) is 5.91 Å². The van der Waals surface area contributed by atoms with Crippen LogP contribution in [0.2, 0.25) is 5.02 Å². The van der Waals surface area contributed by atoms with Crippen molar-refractivity contribution in [1.29, 1.82) is 0 Å². The Hall–Kier alpha value is -0.707. The van der Waals surface area contributed by atoms with E-state index in [1.807, 2.05) is 25.1 Å². The van der Waals surface area contributed by atoms with Gasteiger partial charge in [-0.05, 0) is 41.9 Å². The number of anilines is 1. The summed E-state index contributed by atoms with van der Waals surface area (Å²) in [5.41, 5.74) is 7.79. The summed E-state index contributed by atoms with van der Waals surface area (Å²) in [4.78, 5) is 12.0. The zero-order valence-corrected chi connectivity index (χ0v) is 18.2. The fourth-order valence-corrected chi connectivity index (χ4v) is 1.90. The van der Waals surface area contributed by atoms with Gasteiger partial charge in [0.2, 0.25) is 0 Å². The Bertz CT molecular complexity index is 656. The molecule has 4 nitrogen and oxygen atoms in total. The molecule has 120 valence electrons. The Morgan fingerprint density at radius 2 is 1.78 bits per heavy atom. The zero-order valence-electron chi connectivity index (χ0n) is 12.2. The molecule has 9 heteroatoms. The molecule has 1 amide bonds. The van der Waals surface area contributed by atoms with Crippen LogP contribution >= 0.6 is 31.0 Å². The van der Waals surface area contributed by atoms with Gasteiger partial charge >= 0.3 is 34.5 Å². The average Bonchev–Trinajstić information content (AvgIpc) is 2.52. The standard InChI is InChI=1S/C14H12ClN3O.3ClH.Zn/c1-9-7-13(18-16)11(15)8-12(9)17-14(19)10-5-3-2-4-6-10;;;;/h2-8,16H,1H3,(H,17,19);3*1H;/q;;;;+2/p-2. The van der Waals surface area contributed by atoms with E-state index >= 15 is 0 Å². The van der Waals surface area contributed by atoms with E-state index in [0.717, 1.165) is 5.56 Å². The Morgan fingerprint density at radius 3 is 2.30 bits per heavy atom. The van der Waals surface area contributed by atoms with Gasteiger partial charge in [0.05, 0.1) is 5.02 Å². The Kier molecular flexibility index (Phi) is 11.4. The maximum atomic E-state index is 12.0. The Morgan fingerprint density at radius 1 is 1.22 bits per heavy atom. The number of carbonyl (C=O) groups is 1. The van der Waals surface area contributed by atoms with Crippen molar-refractivity contribution in [2.45, 2.75) is 6.92 Å². The van der Waals surface area contributed by atoms with Crippen LogP contribution in [0, 0.1) is 6.92 Å². The van der Waals surface area contributed by atoms with E-state index in [4.69, 9.17) is 36.5 Å². The van der Waals surface area contributed by atoms with Crippen LogP contribution in [0.5, 0.6) is 0 Å². The molecule has 0 bridgehead atoms. The molecule has 0 fully saturated rings. The molecule has 0 saturated carbocycles. The van der Waals surface area contributed by atoms with Gasteiger partial charge in [0, 0.05) is 11.3 Å². The van der Waals surface area contributed by atoms with Crippen molar-refractivity contribution in [3.8, 4) is 0 Å². The number of nitrogens with two attached hydrogens (primary N) is 1. The normalized spacial score (nSPS) is 8.70. The molecule has 0 aliphatic heterocycles. The van der Waals surface area contributed by atoms with Crippen molar-refractivity contribution in [3.05, 3.63) is 58.6 Å². The summed E-state index contributed by atoms with van der Waals surface area (Å²) in [5.74, 6) is -0.183. The number of halogens is 4. The molecule has 3 N–H and O–H groups in total. The van der Waals surface area contributed by atoms with Crippen LogP contribution in [0.3, 0.4) is 0 Å². The molecule has 2 aromatic rings. The molecule has 2 rings (SSSR count). The van der Waals surface area contributed by atoms with Crippen LogP contribution in [-0.2, 0) is 15.1 Å². The molecule has 0 spiro atoms. The Labute approximate surface area is 161 Å². The summed E-state index contributed by atoms with van der Waals surface area (Å²) in [6.45, 7) is 1.85. The number of hydrogen-bond acceptors (Lipinski definition) is 2. The number of rotatable bonds is 3. The van der Waals surface area contributed by atoms with Gasteiger partial charge in [0.15, 0.2) is 0 Å². The summed E-state index contributed by atoms with van der Waals surface area (Å²) in [6, 6.07) is 12.3. The van der Waals surface area contributed by atoms with Crippen LogP contribution in [0.15, 0.2) is 47.6 Å². The third kappa shape index (κ3) is 7.15. The third-order valence-electron chi connectivity index (χ3n) is 2.72. The molecule has 23 heavy (non-hydrogen) atoms. The number of nitrogens with one attached hydrogen (secondary N) is 1. The molecule has 0 aliphatic carbocycles. The first kappa shape index (κ1) is 22.3. The molecule has 0 aromatic heterocycles. The number of carbonyl (C=O) groups excluding carboxylic acids is 1. The van der Waals surface area contributed by atoms with E-state index in [1.54, 1.807) is 24.3 Å². The molecule has 0 saturated heterocycles. The summed E-state index contributed by atoms with van der Waals surface area (Å²) < 4.78 is 0. The van der Waals surface area contributed by atoms with E-state index < -0.39 is 15.1 Å². The van der Waals surface area contributed by atoms with E-state index in [0.29, 0.717) is 22.0 Å². The van der Waals surface area contributed by atoms with Gasteiger partial charge in [-0.15, -0.1) is 0 Å². The van der Waals surface area contributed by atoms with E-state index in [2.05, 4.69) is 10.4 Å². The van der Waals surface area contributed by atoms with Gasteiger partial charge in [0.1, 0.15) is 5.69 Å². The van der Waals surface area contributed by atoms with E-state index in [1.165, 1.54) is 0 Å². The van der Waals surface area contributed by atoms with Crippen LogP contribution in [0.4, 0.5) is 11.4 Å². The molecule has 0 aliphatic rings. The van der Waals surface area contributed by atoms with E-state index in [-0.39, 0.29) is 18.3 Å². The molecule has 0 radical (unpaired) electrons. The molecule has 0 atom stereocenters. The average molecular weight is 446 g/mol. The number of aryl methyl sites for hydroxylation is 1. The van der Waals surface area contributed by atoms with Crippen molar-refractivity contribution in [2.75, 3.05) is 5.32 Å². The first-order valence-electron chi connectivity index (χ1n) is 6.22. The van der Waals surface area contributed by atoms with Gasteiger partial charge in [-0.2, -0.15) is 5.53 Å². The summed E-state index contributed by atoms with van der Waals surface area (Å²) in [6.07, 6.45) is 0. The maximum absolute atomic E-state index is 12.0. The molecular formula is C14H13Cl4N3OZn. The van der Waals surface area contributed by atoms with Gasteiger partial charge in [-0.25, -0.2) is 0 Å². The van der Waals surface area contributed by atoms with Crippen LogP contribution < -0.4 is 23.3 Å². The van der Waals surface area contributed by atoms with Crippen molar-refractivity contribution >= 4 is 48.3 Å². The summed E-state index contributed by atoms with van der Waals surface area (Å²) in [7, 11) is 9.90. The predicted molar refractivity (Wildman–Crippen MR) is 86.3 cm³/mol. The Balaban J connectivity index is 0.00000112. The minimum atomic E-state index is -0.931. The fraction of sp³-hybridized carbons (Fsp3) is 0.0714. The van der Waals surface area contributed by atoms with Crippen molar-refractivity contribution in [1.82, 2.24) is 0 Å².